The van der Waals surface area contributed by atoms with Gasteiger partial charge in [-0.05, 0) is 45.0 Å². The summed E-state index contributed by atoms with van der Waals surface area (Å²) in [6.45, 7) is 4.47. The fraction of sp³-hybridized carbons (Fsp3) is 0.409. The zero-order valence-corrected chi connectivity index (χ0v) is 19.3. The van der Waals surface area contributed by atoms with E-state index in [4.69, 9.17) is 14.6 Å². The van der Waals surface area contributed by atoms with Gasteiger partial charge in [0.2, 0.25) is 11.8 Å². The van der Waals surface area contributed by atoms with E-state index in [0.29, 0.717) is 23.1 Å². The standard InChI is InChI=1S/C21H26FN7O2.CH2O2/c1-4-29(15-5-7-23-8-6-15)21-24-11-16(20(26-21)31-3)19(30)25-14-9-13-12-28(2)27-18(13)17(22)10-14;2-1-3/h9-12,15,23H,4-8H2,1-3H3,(H,25,30);1H,(H,2,3). The van der Waals surface area contributed by atoms with E-state index in [2.05, 4.69) is 37.5 Å². The van der Waals surface area contributed by atoms with Crippen LogP contribution >= 0.6 is 0 Å². The molecule has 1 aliphatic heterocycles. The summed E-state index contributed by atoms with van der Waals surface area (Å²) in [6.07, 6.45) is 5.15. The maximum atomic E-state index is 14.3. The topological polar surface area (TPSA) is 134 Å². The Morgan fingerprint density at radius 1 is 1.41 bits per heavy atom. The van der Waals surface area contributed by atoms with Gasteiger partial charge in [-0.3, -0.25) is 14.3 Å². The molecule has 0 radical (unpaired) electrons. The predicted molar refractivity (Wildman–Crippen MR) is 125 cm³/mol. The zero-order chi connectivity index (χ0) is 24.7. The molecule has 1 amide bonds. The van der Waals surface area contributed by atoms with Crippen molar-refractivity contribution in [1.29, 1.82) is 0 Å². The molecule has 3 aromatic rings. The smallest absolute Gasteiger partial charge is 0.290 e. The van der Waals surface area contributed by atoms with Crippen LogP contribution in [0.2, 0.25) is 0 Å². The summed E-state index contributed by atoms with van der Waals surface area (Å²) in [6, 6.07) is 3.25. The lowest BCUT2D eigenvalue weighted by atomic mass is 10.1. The van der Waals surface area contributed by atoms with Gasteiger partial charge >= 0.3 is 0 Å². The predicted octanol–water partition coefficient (Wildman–Crippen LogP) is 2.04. The van der Waals surface area contributed by atoms with Gasteiger partial charge in [0.05, 0.1) is 7.11 Å². The molecule has 3 N–H and O–H groups in total. The van der Waals surface area contributed by atoms with E-state index in [9.17, 15) is 9.18 Å². The third kappa shape index (κ3) is 5.57. The van der Waals surface area contributed by atoms with Crippen molar-refractivity contribution in [3.63, 3.8) is 0 Å². The summed E-state index contributed by atoms with van der Waals surface area (Å²) < 4.78 is 21.2. The summed E-state index contributed by atoms with van der Waals surface area (Å²) >= 11 is 0. The summed E-state index contributed by atoms with van der Waals surface area (Å²) in [5.41, 5.74) is 0.752. The van der Waals surface area contributed by atoms with Gasteiger partial charge in [0.25, 0.3) is 12.4 Å². The number of ether oxygens (including phenoxy) is 1. The summed E-state index contributed by atoms with van der Waals surface area (Å²) in [4.78, 5) is 32.3. The number of carboxylic acid groups (broad SMARTS) is 1. The number of amides is 1. The van der Waals surface area contributed by atoms with Crippen molar-refractivity contribution < 1.29 is 23.8 Å². The molecule has 2 aromatic heterocycles. The second-order valence-electron chi connectivity index (χ2n) is 7.62. The lowest BCUT2D eigenvalue weighted by Crippen LogP contribution is -2.44. The van der Waals surface area contributed by atoms with Crippen LogP contribution in [0.1, 0.15) is 30.1 Å². The van der Waals surface area contributed by atoms with E-state index in [-0.39, 0.29) is 23.4 Å². The average molecular weight is 474 g/mol. The van der Waals surface area contributed by atoms with Gasteiger partial charge in [-0.15, -0.1) is 0 Å². The first-order valence-corrected chi connectivity index (χ1v) is 10.8. The van der Waals surface area contributed by atoms with Crippen molar-refractivity contribution in [2.24, 2.45) is 7.05 Å². The molecule has 182 valence electrons. The molecule has 4 rings (SSSR count). The number of hydrogen-bond donors (Lipinski definition) is 3. The van der Waals surface area contributed by atoms with Crippen LogP contribution in [0.25, 0.3) is 10.9 Å². The van der Waals surface area contributed by atoms with Crippen LogP contribution in [0.4, 0.5) is 16.0 Å². The highest BCUT2D eigenvalue weighted by molar-refractivity contribution is 6.06. The summed E-state index contributed by atoms with van der Waals surface area (Å²) in [7, 11) is 3.18. The largest absolute Gasteiger partial charge is 0.483 e. The number of rotatable bonds is 6. The highest BCUT2D eigenvalue weighted by Crippen LogP contribution is 2.25. The van der Waals surface area contributed by atoms with Crippen molar-refractivity contribution in [3.8, 4) is 5.88 Å². The molecular formula is C22H28FN7O4. The lowest BCUT2D eigenvalue weighted by Gasteiger charge is -2.34. The molecule has 1 aliphatic rings. The maximum Gasteiger partial charge on any atom is 0.290 e. The molecule has 1 fully saturated rings. The Balaban J connectivity index is 0.00000103. The van der Waals surface area contributed by atoms with Crippen LogP contribution in [0.15, 0.2) is 24.5 Å². The van der Waals surface area contributed by atoms with Gasteiger partial charge in [0, 0.05) is 43.1 Å². The number of piperidine rings is 1. The third-order valence-electron chi connectivity index (χ3n) is 5.46. The van der Waals surface area contributed by atoms with Crippen LogP contribution in [0.5, 0.6) is 5.88 Å². The minimum atomic E-state index is -0.507. The van der Waals surface area contributed by atoms with Gasteiger partial charge < -0.3 is 25.4 Å². The fourth-order valence-corrected chi connectivity index (χ4v) is 3.97. The zero-order valence-electron chi connectivity index (χ0n) is 19.3. The Hall–Kier alpha value is -3.80. The molecule has 11 nitrogen and oxygen atoms in total. The van der Waals surface area contributed by atoms with E-state index in [0.717, 1.165) is 32.5 Å². The van der Waals surface area contributed by atoms with Crippen molar-refractivity contribution in [2.75, 3.05) is 37.0 Å². The SMILES string of the molecule is CCN(c1ncc(C(=O)Nc2cc(F)c3nn(C)cc3c2)c(OC)n1)C1CCNCC1.O=CO. The molecule has 0 spiro atoms. The number of nitrogens with one attached hydrogen (secondary N) is 2. The number of halogens is 1. The number of hydrogen-bond acceptors (Lipinski definition) is 8. The number of methoxy groups -OCH3 is 1. The van der Waals surface area contributed by atoms with Crippen LogP contribution < -0.4 is 20.3 Å². The second kappa shape index (κ2) is 11.4. The number of fused-ring (bicyclic) bond motifs is 1. The first-order valence-electron chi connectivity index (χ1n) is 10.8. The number of carbonyl (C=O) groups excluding carboxylic acids is 1. The Bertz CT molecular complexity index is 1150. The normalized spacial score (nSPS) is 13.6. The number of nitrogens with zero attached hydrogens (tertiary/aromatic N) is 5. The number of aryl methyl sites for hydroxylation is 1. The number of carbonyl (C=O) groups is 2. The van der Waals surface area contributed by atoms with E-state index < -0.39 is 11.7 Å². The van der Waals surface area contributed by atoms with Gasteiger partial charge in [-0.2, -0.15) is 10.1 Å². The van der Waals surface area contributed by atoms with Crippen LogP contribution in [-0.2, 0) is 11.8 Å². The molecule has 1 saturated heterocycles. The van der Waals surface area contributed by atoms with Crippen LogP contribution in [-0.4, -0.2) is 70.0 Å². The minimum Gasteiger partial charge on any atom is -0.483 e. The fourth-order valence-electron chi connectivity index (χ4n) is 3.97. The van der Waals surface area contributed by atoms with Gasteiger partial charge in [-0.1, -0.05) is 0 Å². The highest BCUT2D eigenvalue weighted by Gasteiger charge is 2.24. The molecule has 12 heteroatoms. The first-order chi connectivity index (χ1) is 16.4. The second-order valence-corrected chi connectivity index (χ2v) is 7.62. The quantitative estimate of drug-likeness (QED) is 0.460. The Kier molecular flexibility index (Phi) is 8.30. The number of aromatic nitrogens is 4. The highest BCUT2D eigenvalue weighted by atomic mass is 19.1. The molecule has 0 bridgehead atoms. The van der Waals surface area contributed by atoms with Crippen LogP contribution in [0, 0.1) is 5.82 Å². The van der Waals surface area contributed by atoms with E-state index in [1.165, 1.54) is 24.1 Å². The van der Waals surface area contributed by atoms with Crippen molar-refractivity contribution in [3.05, 3.63) is 35.9 Å². The number of benzene rings is 1. The van der Waals surface area contributed by atoms with E-state index in [1.54, 1.807) is 19.3 Å². The number of anilines is 2. The van der Waals surface area contributed by atoms with Crippen molar-refractivity contribution >= 4 is 34.9 Å². The molecule has 0 saturated carbocycles. The Labute approximate surface area is 195 Å². The Morgan fingerprint density at radius 3 is 2.76 bits per heavy atom. The summed E-state index contributed by atoms with van der Waals surface area (Å²) in [5.74, 6) is -0.271. The average Bonchev–Trinajstić information content (AvgIpc) is 3.21. The van der Waals surface area contributed by atoms with E-state index >= 15 is 0 Å². The van der Waals surface area contributed by atoms with Gasteiger partial charge in [0.1, 0.15) is 11.1 Å². The molecule has 0 unspecified atom stereocenters. The molecule has 3 heterocycles. The molecule has 0 atom stereocenters. The molecule has 34 heavy (non-hydrogen) atoms. The first kappa shape index (κ1) is 24.8. The Morgan fingerprint density at radius 2 is 2.12 bits per heavy atom. The molecule has 0 aliphatic carbocycles. The van der Waals surface area contributed by atoms with Crippen molar-refractivity contribution in [2.45, 2.75) is 25.8 Å². The van der Waals surface area contributed by atoms with Gasteiger partial charge in [0.15, 0.2) is 5.82 Å². The monoisotopic (exact) mass is 473 g/mol. The minimum absolute atomic E-state index is 0.179. The summed E-state index contributed by atoms with van der Waals surface area (Å²) in [5, 5.41) is 17.6. The van der Waals surface area contributed by atoms with Gasteiger partial charge in [-0.25, -0.2) is 9.37 Å². The van der Waals surface area contributed by atoms with E-state index in [1.807, 2.05) is 0 Å². The molecular weight excluding hydrogens is 445 g/mol. The van der Waals surface area contributed by atoms with Crippen molar-refractivity contribution in [1.82, 2.24) is 25.1 Å². The lowest BCUT2D eigenvalue weighted by molar-refractivity contribution is -0.122. The van der Waals surface area contributed by atoms with Crippen LogP contribution in [0.3, 0.4) is 0 Å². The molecule has 1 aromatic carbocycles. The maximum absolute atomic E-state index is 14.3. The third-order valence-corrected chi connectivity index (χ3v) is 5.46.